The van der Waals surface area contributed by atoms with Crippen molar-refractivity contribution in [1.29, 1.82) is 5.26 Å². The third kappa shape index (κ3) is 4.75. The Morgan fingerprint density at radius 2 is 1.93 bits per heavy atom. The summed E-state index contributed by atoms with van der Waals surface area (Å²) in [5.74, 6) is 1.15. The molecule has 1 N–H and O–H groups in total. The van der Waals surface area contributed by atoms with E-state index in [1.165, 1.54) is 0 Å². The number of ether oxygens (including phenoxy) is 2. The Bertz CT molecular complexity index is 877. The average molecular weight is 404 g/mol. The number of methoxy groups -OCH3 is 2. The normalized spacial score (nSPS) is 14.1. The molecule has 0 fully saturated rings. The number of aromatic nitrogens is 2. The largest absolute Gasteiger partial charge is 0.493 e. The highest BCUT2D eigenvalue weighted by Crippen LogP contribution is 2.33. The molecule has 0 saturated heterocycles. The molecular formula is C19H24N4O4S. The number of thioether (sulfide) groups is 1. The van der Waals surface area contributed by atoms with Gasteiger partial charge in [0.2, 0.25) is 11.8 Å². The van der Waals surface area contributed by atoms with Gasteiger partial charge in [-0.1, -0.05) is 25.6 Å². The van der Waals surface area contributed by atoms with Gasteiger partial charge in [-0.3, -0.25) is 4.79 Å². The van der Waals surface area contributed by atoms with E-state index in [4.69, 9.17) is 13.9 Å². The quantitative estimate of drug-likeness (QED) is 0.667. The minimum atomic E-state index is -0.939. The summed E-state index contributed by atoms with van der Waals surface area (Å²) in [5, 5.41) is 19.9. The molecule has 1 amide bonds. The van der Waals surface area contributed by atoms with Crippen LogP contribution in [0.25, 0.3) is 11.5 Å². The molecule has 0 aliphatic heterocycles. The lowest BCUT2D eigenvalue weighted by Crippen LogP contribution is -2.51. The molecule has 1 aromatic carbocycles. The summed E-state index contributed by atoms with van der Waals surface area (Å²) in [6, 6.07) is 7.42. The molecule has 1 aromatic heterocycles. The van der Waals surface area contributed by atoms with E-state index in [0.717, 1.165) is 11.8 Å². The van der Waals surface area contributed by atoms with Crippen LogP contribution < -0.4 is 14.8 Å². The molecule has 2 rings (SSSR count). The highest BCUT2D eigenvalue weighted by molar-refractivity contribution is 8.00. The van der Waals surface area contributed by atoms with Gasteiger partial charge in [0.25, 0.3) is 5.22 Å². The van der Waals surface area contributed by atoms with Crippen molar-refractivity contribution in [3.05, 3.63) is 18.2 Å². The third-order valence-corrected chi connectivity index (χ3v) is 5.39. The molecule has 8 nitrogen and oxygen atoms in total. The maximum Gasteiger partial charge on any atom is 0.277 e. The van der Waals surface area contributed by atoms with Crippen molar-refractivity contribution in [3.63, 3.8) is 0 Å². The number of carbonyl (C=O) groups excluding carboxylic acids is 1. The Morgan fingerprint density at radius 3 is 2.50 bits per heavy atom. The first-order valence-corrected chi connectivity index (χ1v) is 9.57. The maximum absolute atomic E-state index is 12.5. The summed E-state index contributed by atoms with van der Waals surface area (Å²) in [6.45, 7) is 7.19. The van der Waals surface area contributed by atoms with Crippen LogP contribution in [-0.2, 0) is 4.79 Å². The van der Waals surface area contributed by atoms with Gasteiger partial charge in [0, 0.05) is 5.56 Å². The second-order valence-corrected chi connectivity index (χ2v) is 7.95. The molecule has 2 aromatic rings. The first-order valence-electron chi connectivity index (χ1n) is 8.70. The number of nitrogens with one attached hydrogen (secondary N) is 1. The standard InChI is InChI=1S/C19H24N4O4S/c1-11(2)19(4,10-20)21-16(24)12(3)28-18-23-22-17(27-18)13-7-8-14(25-5)15(9-13)26-6/h7-9,11-12H,1-6H3,(H,21,24)/t12-,19-/m1/s1. The molecule has 0 aliphatic rings. The fourth-order valence-corrected chi connectivity index (χ4v) is 2.89. The number of benzene rings is 1. The van der Waals surface area contributed by atoms with Gasteiger partial charge in [0.1, 0.15) is 5.54 Å². The molecule has 1 heterocycles. The van der Waals surface area contributed by atoms with E-state index in [0.29, 0.717) is 23.0 Å². The number of carbonyl (C=O) groups is 1. The minimum Gasteiger partial charge on any atom is -0.493 e. The van der Waals surface area contributed by atoms with Crippen LogP contribution in [0.1, 0.15) is 27.7 Å². The van der Waals surface area contributed by atoms with Crippen molar-refractivity contribution in [1.82, 2.24) is 15.5 Å². The van der Waals surface area contributed by atoms with Crippen LogP contribution >= 0.6 is 11.8 Å². The second-order valence-electron chi connectivity index (χ2n) is 6.66. The van der Waals surface area contributed by atoms with Crippen molar-refractivity contribution in [2.75, 3.05) is 14.2 Å². The highest BCUT2D eigenvalue weighted by Gasteiger charge is 2.32. The number of amides is 1. The van der Waals surface area contributed by atoms with Crippen molar-refractivity contribution < 1.29 is 18.7 Å². The number of nitrogens with zero attached hydrogens (tertiary/aromatic N) is 3. The van der Waals surface area contributed by atoms with Crippen molar-refractivity contribution in [3.8, 4) is 29.0 Å². The van der Waals surface area contributed by atoms with Crippen LogP contribution in [0.3, 0.4) is 0 Å². The van der Waals surface area contributed by atoms with E-state index in [9.17, 15) is 10.1 Å². The van der Waals surface area contributed by atoms with Gasteiger partial charge >= 0.3 is 0 Å². The minimum absolute atomic E-state index is 0.0290. The highest BCUT2D eigenvalue weighted by atomic mass is 32.2. The lowest BCUT2D eigenvalue weighted by atomic mass is 9.90. The monoisotopic (exact) mass is 404 g/mol. The fourth-order valence-electron chi connectivity index (χ4n) is 2.21. The second kappa shape index (κ2) is 8.97. The van der Waals surface area contributed by atoms with Crippen molar-refractivity contribution >= 4 is 17.7 Å². The molecule has 150 valence electrons. The molecule has 28 heavy (non-hydrogen) atoms. The van der Waals surface area contributed by atoms with Crippen molar-refractivity contribution in [2.45, 2.75) is 43.7 Å². The predicted molar refractivity (Wildman–Crippen MR) is 105 cm³/mol. The van der Waals surface area contributed by atoms with Crippen molar-refractivity contribution in [2.24, 2.45) is 5.92 Å². The topological polar surface area (TPSA) is 110 Å². The lowest BCUT2D eigenvalue weighted by molar-refractivity contribution is -0.121. The Kier molecular flexibility index (Phi) is 6.91. The van der Waals surface area contributed by atoms with E-state index in [2.05, 4.69) is 21.6 Å². The molecule has 0 unspecified atom stereocenters. The summed E-state index contributed by atoms with van der Waals surface area (Å²) in [4.78, 5) is 12.5. The number of rotatable bonds is 8. The third-order valence-electron chi connectivity index (χ3n) is 4.45. The average Bonchev–Trinajstić information content (AvgIpc) is 3.15. The van der Waals surface area contributed by atoms with E-state index in [-0.39, 0.29) is 17.0 Å². The zero-order valence-corrected chi connectivity index (χ0v) is 17.6. The molecular weight excluding hydrogens is 380 g/mol. The number of nitriles is 1. The van der Waals surface area contributed by atoms with Crippen LogP contribution in [-0.4, -0.2) is 41.1 Å². The van der Waals surface area contributed by atoms with E-state index < -0.39 is 10.8 Å². The Hall–Kier alpha value is -2.73. The maximum atomic E-state index is 12.5. The fraction of sp³-hybridized carbons (Fsp3) is 0.474. The van der Waals surface area contributed by atoms with Crippen LogP contribution in [0, 0.1) is 17.2 Å². The summed E-state index contributed by atoms with van der Waals surface area (Å²) >= 11 is 1.13. The van der Waals surface area contributed by atoms with Gasteiger partial charge in [-0.2, -0.15) is 5.26 Å². The molecule has 0 spiro atoms. The van der Waals surface area contributed by atoms with Gasteiger partial charge in [0.15, 0.2) is 11.5 Å². The first-order chi connectivity index (χ1) is 13.2. The van der Waals surface area contributed by atoms with Gasteiger partial charge < -0.3 is 19.2 Å². The van der Waals surface area contributed by atoms with Crippen LogP contribution in [0.15, 0.2) is 27.8 Å². The van der Waals surface area contributed by atoms with Crippen LogP contribution in [0.4, 0.5) is 0 Å². The van der Waals surface area contributed by atoms with Crippen LogP contribution in [0.2, 0.25) is 0 Å². The SMILES string of the molecule is COc1ccc(-c2nnc(S[C@H](C)C(=O)N[C@](C)(C#N)C(C)C)o2)cc1OC. The number of hydrogen-bond acceptors (Lipinski definition) is 8. The molecule has 2 atom stereocenters. The summed E-state index contributed by atoms with van der Waals surface area (Å²) in [6.07, 6.45) is 0. The van der Waals surface area contributed by atoms with E-state index in [1.807, 2.05) is 13.8 Å². The molecule has 0 bridgehead atoms. The molecule has 0 aliphatic carbocycles. The Labute approximate surface area is 168 Å². The van der Waals surface area contributed by atoms with E-state index in [1.54, 1.807) is 46.3 Å². The Morgan fingerprint density at radius 1 is 1.25 bits per heavy atom. The molecule has 0 radical (unpaired) electrons. The summed E-state index contributed by atoms with van der Waals surface area (Å²) in [5.41, 5.74) is -0.267. The lowest BCUT2D eigenvalue weighted by Gasteiger charge is -2.28. The zero-order valence-electron chi connectivity index (χ0n) is 16.8. The smallest absolute Gasteiger partial charge is 0.277 e. The predicted octanol–water partition coefficient (Wildman–Crippen LogP) is 3.29. The first kappa shape index (κ1) is 21.6. The molecule has 0 saturated carbocycles. The van der Waals surface area contributed by atoms with Gasteiger partial charge in [0.05, 0.1) is 25.5 Å². The number of hydrogen-bond donors (Lipinski definition) is 1. The van der Waals surface area contributed by atoms with Gasteiger partial charge in [-0.05, 0) is 38.0 Å². The zero-order chi connectivity index (χ0) is 20.9. The summed E-state index contributed by atoms with van der Waals surface area (Å²) < 4.78 is 16.2. The Balaban J connectivity index is 2.10. The van der Waals surface area contributed by atoms with Crippen LogP contribution in [0.5, 0.6) is 11.5 Å². The molecule has 9 heteroatoms. The van der Waals surface area contributed by atoms with Gasteiger partial charge in [-0.15, -0.1) is 10.2 Å². The van der Waals surface area contributed by atoms with Gasteiger partial charge in [-0.25, -0.2) is 0 Å². The summed E-state index contributed by atoms with van der Waals surface area (Å²) in [7, 11) is 3.10. The van der Waals surface area contributed by atoms with E-state index >= 15 is 0 Å².